The number of aryl methyl sites for hydroxylation is 2. The van der Waals surface area contributed by atoms with E-state index in [0.717, 1.165) is 11.8 Å². The molecule has 0 unspecified atom stereocenters. The molecule has 4 atom stereocenters. The van der Waals surface area contributed by atoms with E-state index in [1.165, 1.54) is 36.6 Å². The first-order valence-corrected chi connectivity index (χ1v) is 8.42. The van der Waals surface area contributed by atoms with Gasteiger partial charge in [-0.25, -0.2) is 0 Å². The molecular formula is C16H24N4O3. The van der Waals surface area contributed by atoms with Crippen molar-refractivity contribution in [1.82, 2.24) is 15.1 Å². The van der Waals surface area contributed by atoms with Crippen LogP contribution >= 0.6 is 0 Å². The molecular weight excluding hydrogens is 296 g/mol. The highest BCUT2D eigenvalue weighted by Crippen LogP contribution is 2.49. The third kappa shape index (κ3) is 3.38. The Bertz CT molecular complexity index is 612. The zero-order chi connectivity index (χ0) is 16.6. The van der Waals surface area contributed by atoms with Crippen molar-refractivity contribution in [3.05, 3.63) is 22.0 Å². The van der Waals surface area contributed by atoms with Gasteiger partial charge in [0.2, 0.25) is 5.91 Å². The van der Waals surface area contributed by atoms with Gasteiger partial charge < -0.3 is 5.32 Å². The first kappa shape index (κ1) is 16.0. The monoisotopic (exact) mass is 320 g/mol. The van der Waals surface area contributed by atoms with Crippen molar-refractivity contribution < 1.29 is 9.72 Å². The SMILES string of the molecule is Cc1nn(CCC(=O)N[C@@H](C)[C@H]2C[C@H]3CC[C@H]2C3)cc1[N+](=O)[O-]. The summed E-state index contributed by atoms with van der Waals surface area (Å²) in [5, 5.41) is 18.0. The smallest absolute Gasteiger partial charge is 0.309 e. The maximum absolute atomic E-state index is 12.1. The number of hydrogen-bond donors (Lipinski definition) is 1. The summed E-state index contributed by atoms with van der Waals surface area (Å²) >= 11 is 0. The quantitative estimate of drug-likeness (QED) is 0.644. The lowest BCUT2D eigenvalue weighted by Crippen LogP contribution is -2.40. The molecule has 1 aromatic rings. The van der Waals surface area contributed by atoms with Crippen molar-refractivity contribution in [3.8, 4) is 0 Å². The van der Waals surface area contributed by atoms with Gasteiger partial charge in [0.25, 0.3) is 0 Å². The number of nitro groups is 1. The van der Waals surface area contributed by atoms with Crippen molar-refractivity contribution in [1.29, 1.82) is 0 Å². The van der Waals surface area contributed by atoms with Crippen LogP contribution in [0.25, 0.3) is 0 Å². The molecule has 7 nitrogen and oxygen atoms in total. The molecule has 2 aliphatic rings. The Labute approximate surface area is 135 Å². The summed E-state index contributed by atoms with van der Waals surface area (Å²) in [5.74, 6) is 2.27. The molecule has 1 aromatic heterocycles. The molecule has 0 saturated heterocycles. The maximum atomic E-state index is 12.1. The second-order valence-corrected chi connectivity index (χ2v) is 7.06. The standard InChI is InChI=1S/C16H24N4O3/c1-10(14-8-12-3-4-13(14)7-12)17-16(21)5-6-19-9-15(20(22)23)11(2)18-19/h9-10,12-14H,3-8H2,1-2H3,(H,17,21)/t10-,12-,13-,14+/m0/s1. The van der Waals surface area contributed by atoms with Crippen molar-refractivity contribution in [2.24, 2.45) is 17.8 Å². The lowest BCUT2D eigenvalue weighted by molar-refractivity contribution is -0.385. The molecule has 1 amide bonds. The number of fused-ring (bicyclic) bond motifs is 2. The zero-order valence-corrected chi connectivity index (χ0v) is 13.7. The summed E-state index contributed by atoms with van der Waals surface area (Å²) in [4.78, 5) is 22.5. The predicted molar refractivity (Wildman–Crippen MR) is 84.8 cm³/mol. The van der Waals surface area contributed by atoms with Gasteiger partial charge in [-0.15, -0.1) is 0 Å². The zero-order valence-electron chi connectivity index (χ0n) is 13.7. The third-order valence-corrected chi connectivity index (χ3v) is 5.51. The van der Waals surface area contributed by atoms with E-state index in [0.29, 0.717) is 24.6 Å². The maximum Gasteiger partial charge on any atom is 0.309 e. The molecule has 0 aromatic carbocycles. The van der Waals surface area contributed by atoms with E-state index in [9.17, 15) is 14.9 Å². The number of nitrogens with one attached hydrogen (secondary N) is 1. The Morgan fingerprint density at radius 2 is 2.30 bits per heavy atom. The van der Waals surface area contributed by atoms with Gasteiger partial charge >= 0.3 is 5.69 Å². The molecule has 23 heavy (non-hydrogen) atoms. The van der Waals surface area contributed by atoms with Crippen LogP contribution in [0, 0.1) is 34.8 Å². The van der Waals surface area contributed by atoms with Gasteiger partial charge in [-0.3, -0.25) is 19.6 Å². The van der Waals surface area contributed by atoms with Gasteiger partial charge in [-0.2, -0.15) is 5.10 Å². The van der Waals surface area contributed by atoms with E-state index < -0.39 is 4.92 Å². The van der Waals surface area contributed by atoms with Crippen molar-refractivity contribution in [2.75, 3.05) is 0 Å². The lowest BCUT2D eigenvalue weighted by Gasteiger charge is -2.28. The molecule has 0 aliphatic heterocycles. The minimum Gasteiger partial charge on any atom is -0.353 e. The van der Waals surface area contributed by atoms with Crippen LogP contribution in [0.15, 0.2) is 6.20 Å². The number of carbonyl (C=O) groups excluding carboxylic acids is 1. The Balaban J connectivity index is 1.48. The van der Waals surface area contributed by atoms with Gasteiger partial charge in [0.05, 0.1) is 4.92 Å². The lowest BCUT2D eigenvalue weighted by atomic mass is 9.84. The van der Waals surface area contributed by atoms with E-state index in [1.807, 2.05) is 0 Å². The van der Waals surface area contributed by atoms with Gasteiger partial charge in [0, 0.05) is 19.0 Å². The summed E-state index contributed by atoms with van der Waals surface area (Å²) in [6.07, 6.45) is 6.94. The number of nitrogens with zero attached hydrogens (tertiary/aromatic N) is 3. The fourth-order valence-electron chi connectivity index (χ4n) is 4.36. The largest absolute Gasteiger partial charge is 0.353 e. The molecule has 2 fully saturated rings. The molecule has 2 bridgehead atoms. The number of hydrogen-bond acceptors (Lipinski definition) is 4. The van der Waals surface area contributed by atoms with Gasteiger partial charge in [0.15, 0.2) is 0 Å². The predicted octanol–water partition coefficient (Wildman–Crippen LogP) is 2.43. The van der Waals surface area contributed by atoms with Gasteiger partial charge in [0.1, 0.15) is 11.9 Å². The van der Waals surface area contributed by atoms with Crippen LogP contribution in [0.3, 0.4) is 0 Å². The molecule has 2 aliphatic carbocycles. The first-order valence-electron chi connectivity index (χ1n) is 8.42. The summed E-state index contributed by atoms with van der Waals surface area (Å²) in [5.41, 5.74) is 0.381. The average Bonchev–Trinajstić information content (AvgIpc) is 3.19. The van der Waals surface area contributed by atoms with Gasteiger partial charge in [-0.1, -0.05) is 6.42 Å². The van der Waals surface area contributed by atoms with Crippen LogP contribution in [0.5, 0.6) is 0 Å². The van der Waals surface area contributed by atoms with Crippen LogP contribution < -0.4 is 5.32 Å². The minimum atomic E-state index is -0.448. The normalized spacial score (nSPS) is 27.1. The fourth-order valence-corrected chi connectivity index (χ4v) is 4.36. The molecule has 2 saturated carbocycles. The first-order chi connectivity index (χ1) is 10.9. The van der Waals surface area contributed by atoms with E-state index >= 15 is 0 Å². The number of rotatable bonds is 6. The topological polar surface area (TPSA) is 90.1 Å². The number of amides is 1. The van der Waals surface area contributed by atoms with E-state index in [1.54, 1.807) is 6.92 Å². The Morgan fingerprint density at radius 1 is 1.52 bits per heavy atom. The van der Waals surface area contributed by atoms with Crippen LogP contribution in [0.1, 0.15) is 44.7 Å². The number of carbonyl (C=O) groups is 1. The van der Waals surface area contributed by atoms with E-state index in [2.05, 4.69) is 17.3 Å². The highest BCUT2D eigenvalue weighted by Gasteiger charge is 2.42. The second-order valence-electron chi connectivity index (χ2n) is 7.06. The Hall–Kier alpha value is -1.92. The fraction of sp³-hybridized carbons (Fsp3) is 0.750. The van der Waals surface area contributed by atoms with Crippen molar-refractivity contribution >= 4 is 11.6 Å². The van der Waals surface area contributed by atoms with Crippen LogP contribution in [-0.2, 0) is 11.3 Å². The average molecular weight is 320 g/mol. The van der Waals surface area contributed by atoms with Crippen LogP contribution in [-0.4, -0.2) is 26.7 Å². The highest BCUT2D eigenvalue weighted by atomic mass is 16.6. The molecule has 3 rings (SSSR count). The molecule has 1 N–H and O–H groups in total. The van der Waals surface area contributed by atoms with Gasteiger partial charge in [-0.05, 0) is 50.9 Å². The summed E-state index contributed by atoms with van der Waals surface area (Å²) in [7, 11) is 0. The van der Waals surface area contributed by atoms with E-state index in [-0.39, 0.29) is 17.6 Å². The number of aromatic nitrogens is 2. The Morgan fingerprint density at radius 3 is 2.87 bits per heavy atom. The second kappa shape index (κ2) is 6.29. The third-order valence-electron chi connectivity index (χ3n) is 5.51. The Kier molecular flexibility index (Phi) is 4.37. The molecule has 0 spiro atoms. The molecule has 0 radical (unpaired) electrons. The summed E-state index contributed by atoms with van der Waals surface area (Å²) < 4.78 is 1.48. The minimum absolute atomic E-state index is 0.000701. The summed E-state index contributed by atoms with van der Waals surface area (Å²) in [6, 6.07) is 0.214. The van der Waals surface area contributed by atoms with Crippen LogP contribution in [0.2, 0.25) is 0 Å². The summed E-state index contributed by atoms with van der Waals surface area (Å²) in [6.45, 7) is 4.07. The molecule has 126 valence electrons. The van der Waals surface area contributed by atoms with E-state index in [4.69, 9.17) is 0 Å². The highest BCUT2D eigenvalue weighted by molar-refractivity contribution is 5.76. The van der Waals surface area contributed by atoms with Crippen molar-refractivity contribution in [3.63, 3.8) is 0 Å². The van der Waals surface area contributed by atoms with Crippen molar-refractivity contribution in [2.45, 2.75) is 58.5 Å². The van der Waals surface area contributed by atoms with Crippen LogP contribution in [0.4, 0.5) is 5.69 Å². The molecule has 7 heteroatoms. The molecule has 1 heterocycles.